The molecule has 1 aliphatic carbocycles. The van der Waals surface area contributed by atoms with E-state index in [9.17, 15) is 0 Å². The number of aromatic nitrogens is 2. The Labute approximate surface area is 135 Å². The van der Waals surface area contributed by atoms with Crippen LogP contribution in [0.1, 0.15) is 24.0 Å². The number of nitrogens with zero attached hydrogens (tertiary/aromatic N) is 3. The van der Waals surface area contributed by atoms with E-state index in [-0.39, 0.29) is 0 Å². The zero-order valence-electron chi connectivity index (χ0n) is 12.8. The van der Waals surface area contributed by atoms with Crippen molar-refractivity contribution in [3.63, 3.8) is 0 Å². The molecule has 0 amide bonds. The van der Waals surface area contributed by atoms with Crippen LogP contribution in [0, 0.1) is 0 Å². The molecule has 0 bridgehead atoms. The SMILES string of the molecule is C1=CC(c2cccc(-c3ncc(C4=CCCN=C4)cn3)c2)=CC1. The number of hydrogen-bond acceptors (Lipinski definition) is 3. The van der Waals surface area contributed by atoms with Crippen molar-refractivity contribution >= 4 is 17.4 Å². The smallest absolute Gasteiger partial charge is 0.159 e. The maximum absolute atomic E-state index is 4.54. The van der Waals surface area contributed by atoms with Crippen molar-refractivity contribution < 1.29 is 0 Å². The first-order chi connectivity index (χ1) is 11.4. The van der Waals surface area contributed by atoms with E-state index in [1.165, 1.54) is 11.1 Å². The Kier molecular flexibility index (Phi) is 3.68. The lowest BCUT2D eigenvalue weighted by Gasteiger charge is -2.08. The highest BCUT2D eigenvalue weighted by Crippen LogP contribution is 2.25. The van der Waals surface area contributed by atoms with E-state index in [0.717, 1.165) is 41.9 Å². The lowest BCUT2D eigenvalue weighted by molar-refractivity contribution is 1.00. The third-order valence-electron chi connectivity index (χ3n) is 4.06. The van der Waals surface area contributed by atoms with Crippen LogP contribution in [0.25, 0.3) is 22.5 Å². The number of benzene rings is 1. The predicted molar refractivity (Wildman–Crippen MR) is 95.2 cm³/mol. The first kappa shape index (κ1) is 13.8. The highest BCUT2D eigenvalue weighted by atomic mass is 14.9. The van der Waals surface area contributed by atoms with E-state index in [1.807, 2.05) is 18.6 Å². The Morgan fingerprint density at radius 2 is 1.74 bits per heavy atom. The van der Waals surface area contributed by atoms with E-state index in [1.54, 1.807) is 0 Å². The summed E-state index contributed by atoms with van der Waals surface area (Å²) in [5.41, 5.74) is 5.66. The second-order valence-electron chi connectivity index (χ2n) is 5.66. The summed E-state index contributed by atoms with van der Waals surface area (Å²) < 4.78 is 0. The molecule has 0 unspecified atom stereocenters. The molecule has 0 saturated carbocycles. The van der Waals surface area contributed by atoms with Gasteiger partial charge < -0.3 is 0 Å². The molecule has 0 atom stereocenters. The standard InChI is InChI=1S/C20H17N3/c1-2-6-15(5-1)16-7-3-8-17(11-16)20-22-13-19(14-23-20)18-9-4-10-21-12-18/h1,3,5-9,11-14H,2,4,10H2. The molecular weight excluding hydrogens is 282 g/mol. The fourth-order valence-electron chi connectivity index (χ4n) is 2.84. The minimum atomic E-state index is 0.756. The lowest BCUT2D eigenvalue weighted by atomic mass is 10.0. The quantitative estimate of drug-likeness (QED) is 0.845. The number of rotatable bonds is 3. The van der Waals surface area contributed by atoms with Gasteiger partial charge in [-0.1, -0.05) is 42.5 Å². The summed E-state index contributed by atoms with van der Waals surface area (Å²) in [6.45, 7) is 0.875. The Morgan fingerprint density at radius 3 is 2.48 bits per heavy atom. The van der Waals surface area contributed by atoms with Gasteiger partial charge in [-0.25, -0.2) is 9.97 Å². The minimum absolute atomic E-state index is 0.756. The molecular formula is C20H17N3. The minimum Gasteiger partial charge on any atom is -0.292 e. The summed E-state index contributed by atoms with van der Waals surface area (Å²) in [6, 6.07) is 8.39. The first-order valence-corrected chi connectivity index (χ1v) is 7.90. The molecule has 0 spiro atoms. The second-order valence-corrected chi connectivity index (χ2v) is 5.66. The van der Waals surface area contributed by atoms with Crippen molar-refractivity contribution in [3.8, 4) is 11.4 Å². The molecule has 0 N–H and O–H groups in total. The van der Waals surface area contributed by atoms with Gasteiger partial charge in [0.15, 0.2) is 5.82 Å². The number of hydrogen-bond donors (Lipinski definition) is 0. The molecule has 2 aliphatic rings. The molecule has 1 aromatic carbocycles. The van der Waals surface area contributed by atoms with Crippen molar-refractivity contribution in [2.45, 2.75) is 12.8 Å². The normalized spacial score (nSPS) is 16.3. The number of allylic oxidation sites excluding steroid dienone is 5. The van der Waals surface area contributed by atoms with Crippen LogP contribution in [0.5, 0.6) is 0 Å². The largest absolute Gasteiger partial charge is 0.292 e. The Morgan fingerprint density at radius 1 is 0.870 bits per heavy atom. The van der Waals surface area contributed by atoms with E-state index >= 15 is 0 Å². The van der Waals surface area contributed by atoms with Crippen molar-refractivity contribution in [1.29, 1.82) is 0 Å². The molecule has 1 aromatic heterocycles. The maximum Gasteiger partial charge on any atom is 0.159 e. The Hall–Kier alpha value is -2.81. The van der Waals surface area contributed by atoms with E-state index < -0.39 is 0 Å². The van der Waals surface area contributed by atoms with Crippen LogP contribution in [-0.2, 0) is 0 Å². The van der Waals surface area contributed by atoms with Gasteiger partial charge in [0.05, 0.1) is 0 Å². The molecule has 0 fully saturated rings. The van der Waals surface area contributed by atoms with Gasteiger partial charge in [0.1, 0.15) is 0 Å². The number of aliphatic imine (C=N–C) groups is 1. The molecule has 112 valence electrons. The third kappa shape index (κ3) is 2.90. The molecule has 0 radical (unpaired) electrons. The van der Waals surface area contributed by atoms with E-state index in [4.69, 9.17) is 0 Å². The highest BCUT2D eigenvalue weighted by Gasteiger charge is 2.08. The van der Waals surface area contributed by atoms with Crippen LogP contribution in [0.3, 0.4) is 0 Å². The van der Waals surface area contributed by atoms with Crippen molar-refractivity contribution in [3.05, 3.63) is 72.1 Å². The van der Waals surface area contributed by atoms with Crippen LogP contribution in [-0.4, -0.2) is 22.7 Å². The molecule has 2 aromatic rings. The van der Waals surface area contributed by atoms with Gasteiger partial charge in [-0.3, -0.25) is 4.99 Å². The summed E-state index contributed by atoms with van der Waals surface area (Å²) in [5.74, 6) is 0.756. The topological polar surface area (TPSA) is 38.1 Å². The van der Waals surface area contributed by atoms with Crippen LogP contribution in [0.4, 0.5) is 0 Å². The Balaban J connectivity index is 1.63. The molecule has 3 heteroatoms. The van der Waals surface area contributed by atoms with Crippen LogP contribution in [0.15, 0.2) is 66.0 Å². The molecule has 3 nitrogen and oxygen atoms in total. The fourth-order valence-corrected chi connectivity index (χ4v) is 2.84. The van der Waals surface area contributed by atoms with Gasteiger partial charge in [-0.15, -0.1) is 0 Å². The van der Waals surface area contributed by atoms with Crippen LogP contribution < -0.4 is 0 Å². The number of dihydropyridines is 1. The summed E-state index contributed by atoms with van der Waals surface area (Å²) in [4.78, 5) is 13.4. The molecule has 0 saturated heterocycles. The van der Waals surface area contributed by atoms with Crippen LogP contribution in [0.2, 0.25) is 0 Å². The van der Waals surface area contributed by atoms with Gasteiger partial charge in [0.2, 0.25) is 0 Å². The lowest BCUT2D eigenvalue weighted by Crippen LogP contribution is -1.97. The first-order valence-electron chi connectivity index (χ1n) is 7.90. The van der Waals surface area contributed by atoms with Crippen molar-refractivity contribution in [1.82, 2.24) is 9.97 Å². The molecule has 2 heterocycles. The average Bonchev–Trinajstić information content (AvgIpc) is 3.18. The van der Waals surface area contributed by atoms with E-state index in [2.05, 4.69) is 63.5 Å². The van der Waals surface area contributed by atoms with Gasteiger partial charge >= 0.3 is 0 Å². The van der Waals surface area contributed by atoms with Gasteiger partial charge in [-0.05, 0) is 35.6 Å². The van der Waals surface area contributed by atoms with Gasteiger partial charge in [0, 0.05) is 36.3 Å². The maximum atomic E-state index is 4.54. The Bertz CT molecular complexity index is 839. The summed E-state index contributed by atoms with van der Waals surface area (Å²) in [7, 11) is 0. The fraction of sp³-hybridized carbons (Fsp3) is 0.150. The second kappa shape index (κ2) is 6.13. The summed E-state index contributed by atoms with van der Waals surface area (Å²) >= 11 is 0. The van der Waals surface area contributed by atoms with Crippen molar-refractivity contribution in [2.24, 2.45) is 4.99 Å². The average molecular weight is 299 g/mol. The van der Waals surface area contributed by atoms with E-state index in [0.29, 0.717) is 0 Å². The summed E-state index contributed by atoms with van der Waals surface area (Å²) in [6.07, 6.45) is 16.4. The van der Waals surface area contributed by atoms with Crippen molar-refractivity contribution in [2.75, 3.05) is 6.54 Å². The zero-order valence-corrected chi connectivity index (χ0v) is 12.8. The van der Waals surface area contributed by atoms with Gasteiger partial charge in [0.25, 0.3) is 0 Å². The third-order valence-corrected chi connectivity index (χ3v) is 4.06. The monoisotopic (exact) mass is 299 g/mol. The van der Waals surface area contributed by atoms with Crippen LogP contribution >= 0.6 is 0 Å². The molecule has 1 aliphatic heterocycles. The molecule has 4 rings (SSSR count). The molecule has 23 heavy (non-hydrogen) atoms. The predicted octanol–water partition coefficient (Wildman–Crippen LogP) is 4.34. The summed E-state index contributed by atoms with van der Waals surface area (Å²) in [5, 5.41) is 0. The van der Waals surface area contributed by atoms with Gasteiger partial charge in [-0.2, -0.15) is 0 Å². The zero-order chi connectivity index (χ0) is 15.5. The highest BCUT2D eigenvalue weighted by molar-refractivity contribution is 6.10.